The molecule has 0 amide bonds. The first kappa shape index (κ1) is 19.1. The standard InChI is InChI=1S/C21H17Cl2N3OS/c1-21(2,3)13-9-7-12(8-10-13)18-24-20-26(25-18)19(27)17(28-20)11-14-15(22)5-4-6-16(14)23/h4-11H,1-3H3. The molecule has 0 aliphatic rings. The molecule has 0 N–H and O–H groups in total. The molecule has 4 nitrogen and oxygen atoms in total. The Balaban J connectivity index is 1.77. The lowest BCUT2D eigenvalue weighted by Crippen LogP contribution is -2.23. The van der Waals surface area contributed by atoms with E-state index >= 15 is 0 Å². The van der Waals surface area contributed by atoms with Gasteiger partial charge in [-0.2, -0.15) is 9.50 Å². The summed E-state index contributed by atoms with van der Waals surface area (Å²) >= 11 is 13.7. The van der Waals surface area contributed by atoms with Crippen molar-refractivity contribution in [2.45, 2.75) is 26.2 Å². The van der Waals surface area contributed by atoms with Crippen LogP contribution >= 0.6 is 34.5 Å². The summed E-state index contributed by atoms with van der Waals surface area (Å²) in [5.41, 5.74) is 2.57. The molecule has 0 saturated heterocycles. The van der Waals surface area contributed by atoms with Gasteiger partial charge in [0, 0.05) is 21.2 Å². The van der Waals surface area contributed by atoms with Gasteiger partial charge in [0.2, 0.25) is 4.96 Å². The molecule has 7 heteroatoms. The molecule has 0 aliphatic heterocycles. The van der Waals surface area contributed by atoms with Gasteiger partial charge in [-0.15, -0.1) is 5.10 Å². The molecule has 0 spiro atoms. The van der Waals surface area contributed by atoms with Crippen LogP contribution in [0.4, 0.5) is 0 Å². The highest BCUT2D eigenvalue weighted by molar-refractivity contribution is 7.15. The minimum Gasteiger partial charge on any atom is -0.266 e. The molecule has 0 aliphatic carbocycles. The van der Waals surface area contributed by atoms with Gasteiger partial charge in [-0.1, -0.05) is 85.6 Å². The molecule has 0 atom stereocenters. The second-order valence-corrected chi connectivity index (χ2v) is 9.33. The third-order valence-corrected chi connectivity index (χ3v) is 6.08. The summed E-state index contributed by atoms with van der Waals surface area (Å²) in [6.07, 6.45) is 1.69. The number of thiazole rings is 1. The van der Waals surface area contributed by atoms with Crippen LogP contribution < -0.4 is 10.1 Å². The quantitative estimate of drug-likeness (QED) is 0.451. The first-order valence-corrected chi connectivity index (χ1v) is 10.3. The summed E-state index contributed by atoms with van der Waals surface area (Å²) in [7, 11) is 0. The number of nitrogens with zero attached hydrogens (tertiary/aromatic N) is 3. The molecule has 2 aromatic carbocycles. The van der Waals surface area contributed by atoms with Crippen molar-refractivity contribution in [2.75, 3.05) is 0 Å². The Kier molecular flexibility index (Phi) is 4.78. The van der Waals surface area contributed by atoms with Crippen molar-refractivity contribution in [1.82, 2.24) is 14.6 Å². The highest BCUT2D eigenvalue weighted by atomic mass is 35.5. The Morgan fingerprint density at radius 2 is 1.68 bits per heavy atom. The van der Waals surface area contributed by atoms with E-state index in [-0.39, 0.29) is 11.0 Å². The predicted octanol–water partition coefficient (Wildman–Crippen LogP) is 4.97. The predicted molar refractivity (Wildman–Crippen MR) is 117 cm³/mol. The lowest BCUT2D eigenvalue weighted by molar-refractivity contribution is 0.590. The average molecular weight is 430 g/mol. The van der Waals surface area contributed by atoms with E-state index in [9.17, 15) is 4.79 Å². The van der Waals surface area contributed by atoms with Gasteiger partial charge in [-0.25, -0.2) is 0 Å². The smallest absolute Gasteiger partial charge is 0.266 e. The van der Waals surface area contributed by atoms with Crippen molar-refractivity contribution in [2.24, 2.45) is 0 Å². The highest BCUT2D eigenvalue weighted by Crippen LogP contribution is 2.26. The molecular weight excluding hydrogens is 413 g/mol. The zero-order chi connectivity index (χ0) is 20.1. The topological polar surface area (TPSA) is 47.3 Å². The second kappa shape index (κ2) is 6.99. The third-order valence-electron chi connectivity index (χ3n) is 4.47. The fraction of sp³-hybridized carbons (Fsp3) is 0.190. The van der Waals surface area contributed by atoms with Crippen LogP contribution in [0.1, 0.15) is 31.9 Å². The van der Waals surface area contributed by atoms with Gasteiger partial charge < -0.3 is 0 Å². The van der Waals surface area contributed by atoms with Gasteiger partial charge in [-0.3, -0.25) is 4.79 Å². The van der Waals surface area contributed by atoms with Crippen molar-refractivity contribution < 1.29 is 0 Å². The SMILES string of the molecule is CC(C)(C)c1ccc(-c2nc3sc(=Cc4c(Cl)cccc4Cl)c(=O)n3n2)cc1. The molecule has 0 saturated carbocycles. The molecule has 2 aromatic heterocycles. The van der Waals surface area contributed by atoms with E-state index in [0.29, 0.717) is 30.9 Å². The van der Waals surface area contributed by atoms with E-state index in [2.05, 4.69) is 43.0 Å². The van der Waals surface area contributed by atoms with Crippen LogP contribution in [-0.2, 0) is 5.41 Å². The number of hydrogen-bond donors (Lipinski definition) is 0. The summed E-state index contributed by atoms with van der Waals surface area (Å²) in [5.74, 6) is 0.533. The Morgan fingerprint density at radius 3 is 2.25 bits per heavy atom. The number of hydrogen-bond acceptors (Lipinski definition) is 4. The number of halogens is 2. The fourth-order valence-corrected chi connectivity index (χ4v) is 4.25. The van der Waals surface area contributed by atoms with E-state index in [0.717, 1.165) is 5.56 Å². The Morgan fingerprint density at radius 1 is 1.04 bits per heavy atom. The van der Waals surface area contributed by atoms with Crippen LogP contribution in [-0.4, -0.2) is 14.6 Å². The van der Waals surface area contributed by atoms with Gasteiger partial charge in [0.15, 0.2) is 5.82 Å². The maximum atomic E-state index is 12.7. The van der Waals surface area contributed by atoms with Gasteiger partial charge in [0.25, 0.3) is 5.56 Å². The lowest BCUT2D eigenvalue weighted by atomic mass is 9.87. The van der Waals surface area contributed by atoms with Crippen molar-refractivity contribution in [3.05, 3.63) is 78.5 Å². The minimum absolute atomic E-state index is 0.0768. The van der Waals surface area contributed by atoms with Gasteiger partial charge in [0.1, 0.15) is 0 Å². The maximum absolute atomic E-state index is 12.7. The zero-order valence-corrected chi connectivity index (χ0v) is 17.9. The molecule has 0 radical (unpaired) electrons. The second-order valence-electron chi connectivity index (χ2n) is 7.51. The number of benzene rings is 2. The number of aromatic nitrogens is 3. The van der Waals surface area contributed by atoms with Crippen LogP contribution in [0, 0.1) is 0 Å². The Bertz CT molecular complexity index is 1260. The lowest BCUT2D eigenvalue weighted by Gasteiger charge is -2.18. The van der Waals surface area contributed by atoms with Crippen LogP contribution in [0.15, 0.2) is 47.3 Å². The van der Waals surface area contributed by atoms with E-state index in [1.54, 1.807) is 24.3 Å². The molecule has 142 valence electrons. The number of rotatable bonds is 2. The first-order valence-electron chi connectivity index (χ1n) is 8.70. The monoisotopic (exact) mass is 429 g/mol. The van der Waals surface area contributed by atoms with Crippen molar-refractivity contribution >= 4 is 45.6 Å². The van der Waals surface area contributed by atoms with Gasteiger partial charge in [0.05, 0.1) is 4.53 Å². The third kappa shape index (κ3) is 3.46. The molecule has 28 heavy (non-hydrogen) atoms. The number of fused-ring (bicyclic) bond motifs is 1. The molecule has 2 heterocycles. The van der Waals surface area contributed by atoms with Crippen LogP contribution in [0.3, 0.4) is 0 Å². The van der Waals surface area contributed by atoms with Crippen LogP contribution in [0.5, 0.6) is 0 Å². The Labute approximate surface area is 176 Å². The van der Waals surface area contributed by atoms with E-state index in [4.69, 9.17) is 23.2 Å². The molecule has 0 fully saturated rings. The molecule has 4 aromatic rings. The van der Waals surface area contributed by atoms with E-state index in [1.807, 2.05) is 12.1 Å². The van der Waals surface area contributed by atoms with E-state index in [1.165, 1.54) is 21.4 Å². The fourth-order valence-electron chi connectivity index (χ4n) is 2.86. The summed E-state index contributed by atoms with van der Waals surface area (Å²) in [5, 5.41) is 5.38. The summed E-state index contributed by atoms with van der Waals surface area (Å²) in [6, 6.07) is 13.4. The zero-order valence-electron chi connectivity index (χ0n) is 15.5. The van der Waals surface area contributed by atoms with E-state index < -0.39 is 0 Å². The van der Waals surface area contributed by atoms with Crippen LogP contribution in [0.25, 0.3) is 22.4 Å². The Hall–Kier alpha value is -2.21. The molecule has 0 unspecified atom stereocenters. The van der Waals surface area contributed by atoms with Crippen LogP contribution in [0.2, 0.25) is 10.0 Å². The normalized spacial score (nSPS) is 12.8. The molecule has 0 bridgehead atoms. The van der Waals surface area contributed by atoms with Gasteiger partial charge >= 0.3 is 0 Å². The molecular formula is C21H17Cl2N3OS. The summed E-state index contributed by atoms with van der Waals surface area (Å²) < 4.78 is 1.81. The minimum atomic E-state index is -0.235. The van der Waals surface area contributed by atoms with Crippen molar-refractivity contribution in [3.63, 3.8) is 0 Å². The maximum Gasteiger partial charge on any atom is 0.291 e. The average Bonchev–Trinajstić information content (AvgIpc) is 3.17. The van der Waals surface area contributed by atoms with Crippen molar-refractivity contribution in [1.29, 1.82) is 0 Å². The first-order chi connectivity index (χ1) is 13.2. The van der Waals surface area contributed by atoms with Gasteiger partial charge in [-0.05, 0) is 29.2 Å². The summed E-state index contributed by atoms with van der Waals surface area (Å²) in [6.45, 7) is 6.50. The summed E-state index contributed by atoms with van der Waals surface area (Å²) in [4.78, 5) is 17.8. The highest BCUT2D eigenvalue weighted by Gasteiger charge is 2.16. The van der Waals surface area contributed by atoms with Crippen molar-refractivity contribution in [3.8, 4) is 11.4 Å². The molecule has 4 rings (SSSR count). The largest absolute Gasteiger partial charge is 0.291 e.